The highest BCUT2D eigenvalue weighted by Gasteiger charge is 2.49. The molecule has 0 amide bonds. The van der Waals surface area contributed by atoms with Gasteiger partial charge in [0.25, 0.3) is 0 Å². The Labute approximate surface area is 690 Å². The van der Waals surface area contributed by atoms with Crippen LogP contribution in [0.1, 0.15) is 338 Å². The summed E-state index contributed by atoms with van der Waals surface area (Å²) >= 11 is 11.6. The summed E-state index contributed by atoms with van der Waals surface area (Å²) in [5.74, 6) is 0.476. The van der Waals surface area contributed by atoms with Crippen molar-refractivity contribution >= 4 is 109 Å². The van der Waals surface area contributed by atoms with Crippen LogP contribution in [0.5, 0.6) is 0 Å². The number of allylic oxidation sites excluding steroid dienone is 4. The van der Waals surface area contributed by atoms with Crippen LogP contribution in [0.2, 0.25) is 0 Å². The van der Waals surface area contributed by atoms with Crippen LogP contribution in [0.25, 0.3) is 41.3 Å². The molecule has 4 fully saturated rings. The number of halogens is 3. The van der Waals surface area contributed by atoms with Gasteiger partial charge in [-0.3, -0.25) is 0 Å². The number of nitrogens with zero attached hydrogens (tertiary/aromatic N) is 2. The molecule has 7 unspecified atom stereocenters. The van der Waals surface area contributed by atoms with E-state index in [0.717, 1.165) is 102 Å². The van der Waals surface area contributed by atoms with Crippen molar-refractivity contribution in [3.63, 3.8) is 0 Å². The first-order valence-corrected chi connectivity index (χ1v) is 48.4. The van der Waals surface area contributed by atoms with Gasteiger partial charge in [0.1, 0.15) is 28.5 Å². The van der Waals surface area contributed by atoms with Crippen LogP contribution >= 0.6 is 68.0 Å². The maximum atomic E-state index is 17.4. The van der Waals surface area contributed by atoms with E-state index >= 15 is 13.2 Å². The topological polar surface area (TPSA) is 114 Å². The predicted molar refractivity (Wildman–Crippen MR) is 475 cm³/mol. The molecule has 2 saturated carbocycles. The number of rotatable bonds is 26. The number of hydrogen-bond donors (Lipinski definition) is 7. The third kappa shape index (κ3) is 15.6. The number of aromatic nitrogens is 3. The molecule has 9 heterocycles. The molecule has 18 heteroatoms. The van der Waals surface area contributed by atoms with Crippen molar-refractivity contribution < 1.29 is 13.2 Å². The molecule has 0 bridgehead atoms. The van der Waals surface area contributed by atoms with E-state index in [1.807, 2.05) is 80.2 Å². The van der Waals surface area contributed by atoms with Gasteiger partial charge in [-0.25, -0.2) is 34.9 Å². The fraction of sp³-hybridized carbons (Fsp3) is 0.596. The Kier molecular flexibility index (Phi) is 25.3. The number of thiophene rings is 6. The van der Waals surface area contributed by atoms with Crippen LogP contribution < -0.4 is 32.8 Å². The minimum absolute atomic E-state index is 0.0298. The second-order valence-corrected chi connectivity index (χ2v) is 43.0. The molecule has 15 rings (SSSR count). The molecule has 0 radical (unpaired) electrons. The molecule has 0 spiro atoms. The number of H-pyrrole nitrogens is 1. The zero-order valence-corrected chi connectivity index (χ0v) is 74.2. The van der Waals surface area contributed by atoms with Gasteiger partial charge in [-0.2, -0.15) is 26.5 Å². The maximum Gasteiger partial charge on any atom is 0.129 e. The molecule has 7 atom stereocenters. The van der Waals surface area contributed by atoms with E-state index in [9.17, 15) is 0 Å². The van der Waals surface area contributed by atoms with Crippen LogP contribution in [0, 0.1) is 17.7 Å². The normalized spacial score (nSPS) is 22.5. The number of nitrogens with one attached hydrogen (secondary N) is 7. The first-order chi connectivity index (χ1) is 54.0. The van der Waals surface area contributed by atoms with Gasteiger partial charge in [0.15, 0.2) is 0 Å². The second kappa shape index (κ2) is 34.3. The fourth-order valence-corrected chi connectivity index (χ4v) is 28.6. The summed E-state index contributed by atoms with van der Waals surface area (Å²) in [4.78, 5) is 11.6. The summed E-state index contributed by atoms with van der Waals surface area (Å²) in [5.41, 5.74) is 25.6. The van der Waals surface area contributed by atoms with Gasteiger partial charge in [0.2, 0.25) is 0 Å². The zero-order valence-electron chi connectivity index (χ0n) is 69.3. The lowest BCUT2D eigenvalue weighted by atomic mass is 9.68. The SMILES string of the molecule is CCCCCCCCCc1c(F)cc(C(C)(C)c2ccc(C(C)(C)c3cc4c(s3)c3cc(C(C)(C)c5ccc(C(C)(CC)C6=CC(F)=C(CC7CCCCCCCCCC7)C7NNNC67)s5)sc3c3cc(C(C)(CC)c5ccc(C(C)(CC)C6=CC(F)=C(C7CCCCCCCCC7)C7NNNC67)s5)sc34)s2)c2n[nH]nc12. The Hall–Kier alpha value is -4.67. The summed E-state index contributed by atoms with van der Waals surface area (Å²) in [6.07, 6.45) is 39.7. The molecule has 2 aromatic carbocycles. The lowest BCUT2D eigenvalue weighted by molar-refractivity contribution is 0.376. The summed E-state index contributed by atoms with van der Waals surface area (Å²) in [7, 11) is 0. The maximum absolute atomic E-state index is 17.4. The Balaban J connectivity index is 0.789. The smallest absolute Gasteiger partial charge is 0.129 e. The molecule has 4 aliphatic carbocycles. The Morgan fingerprint density at radius 3 is 1.35 bits per heavy atom. The number of aromatic amines is 1. The third-order valence-electron chi connectivity index (χ3n) is 28.4. The van der Waals surface area contributed by atoms with E-state index in [1.165, 1.54) is 198 Å². The van der Waals surface area contributed by atoms with Crippen LogP contribution in [0.4, 0.5) is 13.2 Å². The van der Waals surface area contributed by atoms with E-state index in [1.54, 1.807) is 6.07 Å². The average molecular weight is 1630 g/mol. The van der Waals surface area contributed by atoms with Gasteiger partial charge in [-0.1, -0.05) is 231 Å². The highest BCUT2D eigenvalue weighted by molar-refractivity contribution is 7.27. The third-order valence-corrected chi connectivity index (χ3v) is 37.8. The van der Waals surface area contributed by atoms with Crippen molar-refractivity contribution in [2.24, 2.45) is 11.8 Å². The first-order valence-electron chi connectivity index (χ1n) is 43.5. The van der Waals surface area contributed by atoms with Gasteiger partial charge < -0.3 is 0 Å². The van der Waals surface area contributed by atoms with Crippen molar-refractivity contribution in [1.29, 1.82) is 0 Å². The number of hydrogen-bond acceptors (Lipinski definition) is 14. The van der Waals surface area contributed by atoms with E-state index in [0.29, 0.717) is 23.4 Å². The summed E-state index contributed by atoms with van der Waals surface area (Å²) in [5, 5.41) is 16.2. The standard InChI is InChI=1S/C94H126F3N9S6/c1-14-18-19-20-24-33-38-43-59-67(95)54-64(82-80(59)98-104-100-82)89(5,6)70-44-45-71(107-70)90(7,8)76-52-62-86(110-76)61-51-77(91(9,10)72-46-47-73(108-72)92(11,15-2)65-55-68(96)60(81-83(65)101-105-99-81)50-57-39-34-29-25-21-22-26-30-35-40-57)111-87(61)63-53-78(112-88(62)63)94(13,17-4)75-49-48-74(109-75)93(12,16-3)66-56-69(97)79(85-84(66)102-106-103-85)58-41-36-31-27-23-28-32-37-42-58/h44-49,51-58,81,83-85,99,101-103,105-106H,14-43,50H2,1-13H3,(H,98,100,104). The number of aryl methyl sites for hydroxylation is 1. The first kappa shape index (κ1) is 82.4. The number of unbranched alkanes of at least 4 members (excludes halogenated alkanes) is 6. The van der Waals surface area contributed by atoms with Crippen molar-refractivity contribution in [2.75, 3.05) is 0 Å². The number of hydrazine groups is 4. The second-order valence-electron chi connectivity index (χ2n) is 36.6. The molecule has 2 saturated heterocycles. The van der Waals surface area contributed by atoms with Gasteiger partial charge in [-0.05, 0) is 171 Å². The average Bonchev–Trinajstić information content (AvgIpc) is 1.55. The highest BCUT2D eigenvalue weighted by atomic mass is 32.1. The van der Waals surface area contributed by atoms with E-state index < -0.39 is 16.2 Å². The van der Waals surface area contributed by atoms with Crippen molar-refractivity contribution in [1.82, 2.24) is 48.2 Å². The molecular weight excluding hydrogens is 1500 g/mol. The van der Waals surface area contributed by atoms with Gasteiger partial charge in [-0.15, -0.1) is 68.0 Å². The molecule has 9 nitrogen and oxygen atoms in total. The quantitative estimate of drug-likeness (QED) is 0.0268. The number of benzene rings is 2. The van der Waals surface area contributed by atoms with Crippen molar-refractivity contribution in [3.8, 4) is 0 Å². The molecule has 7 N–H and O–H groups in total. The zero-order chi connectivity index (χ0) is 78.5. The Morgan fingerprint density at radius 2 is 0.812 bits per heavy atom. The van der Waals surface area contributed by atoms with Crippen LogP contribution in [0.15, 0.2) is 107 Å². The largest absolute Gasteiger partial charge is 0.235 e. The molecule has 2 aliphatic heterocycles. The minimum atomic E-state index is -0.560. The van der Waals surface area contributed by atoms with Crippen LogP contribution in [-0.2, 0) is 38.9 Å². The lowest BCUT2D eigenvalue weighted by Crippen LogP contribution is -2.46. The molecular formula is C94H126F3N9S6. The summed E-state index contributed by atoms with van der Waals surface area (Å²) in [6.45, 7) is 30.4. The molecule has 7 aromatic heterocycles. The lowest BCUT2D eigenvalue weighted by Gasteiger charge is -2.40. The molecule has 112 heavy (non-hydrogen) atoms. The van der Waals surface area contributed by atoms with E-state index in [2.05, 4.69) is 188 Å². The summed E-state index contributed by atoms with van der Waals surface area (Å²) < 4.78 is 55.3. The van der Waals surface area contributed by atoms with Crippen LogP contribution in [0.3, 0.4) is 0 Å². The monoisotopic (exact) mass is 1630 g/mol. The van der Waals surface area contributed by atoms with Gasteiger partial charge in [0, 0.05) is 112 Å². The Bertz CT molecular complexity index is 4920. The van der Waals surface area contributed by atoms with E-state index in [4.69, 9.17) is 5.10 Å². The molecule has 6 aliphatic rings. The minimum Gasteiger partial charge on any atom is -0.235 e. The van der Waals surface area contributed by atoms with Crippen LogP contribution in [-0.4, -0.2) is 39.6 Å². The number of fused-ring (bicyclic) bond motifs is 9. The highest BCUT2D eigenvalue weighted by Crippen LogP contribution is 2.58. The summed E-state index contributed by atoms with van der Waals surface area (Å²) in [6, 6.07) is 23.1. The predicted octanol–water partition coefficient (Wildman–Crippen LogP) is 27.3. The Morgan fingerprint density at radius 1 is 0.402 bits per heavy atom. The van der Waals surface area contributed by atoms with Gasteiger partial charge >= 0.3 is 0 Å². The van der Waals surface area contributed by atoms with Gasteiger partial charge in [0.05, 0.1) is 24.2 Å². The molecule has 604 valence electrons. The molecule has 9 aromatic rings. The van der Waals surface area contributed by atoms with Crippen molar-refractivity contribution in [3.05, 3.63) is 168 Å². The van der Waals surface area contributed by atoms with Crippen molar-refractivity contribution in [2.45, 2.75) is 346 Å². The van der Waals surface area contributed by atoms with E-state index in [-0.39, 0.29) is 63.8 Å². The fourth-order valence-electron chi connectivity index (χ4n) is 20.1.